The van der Waals surface area contributed by atoms with Crippen molar-refractivity contribution < 1.29 is 38.9 Å². The Balaban J connectivity index is 0.000000134. The predicted octanol–water partition coefficient (Wildman–Crippen LogP) is 2.59. The number of carbonyl (C=O) groups excluding carboxylic acids is 2. The standard InChI is InChI=1S/C10H14N2O2.2C9H12N2O2.C8H10N2O2/c1-12-9-5-7(10(13)14-2)3-4-8(9)6-11-12;1-13-9(12)6-2-3-7-5-10-11-8(7)4-6;1-11-8-4-6(9(12)13)2-3-7(8)5-10-11;11-8(12)5-1-2-6-4-9-10-7(6)3-5/h6-7H,3-5H2,1-2H3;5-6H,2-4H2,1H3,(H,10,11);5-6H,2-4H2,1H3,(H,12,13);4-5H,1-3H2,(H,9,10)(H,11,12). The number of H-pyrrole nitrogens is 2. The summed E-state index contributed by atoms with van der Waals surface area (Å²) in [6.45, 7) is 0. The lowest BCUT2D eigenvalue weighted by molar-refractivity contribution is -0.146. The summed E-state index contributed by atoms with van der Waals surface area (Å²) in [7, 11) is 6.66. The fourth-order valence-corrected chi connectivity index (χ4v) is 7.26. The van der Waals surface area contributed by atoms with Gasteiger partial charge in [0.25, 0.3) is 0 Å². The fraction of sp³-hybridized carbons (Fsp3) is 0.556. The van der Waals surface area contributed by atoms with Crippen molar-refractivity contribution in [3.05, 3.63) is 69.8 Å². The van der Waals surface area contributed by atoms with E-state index in [0.29, 0.717) is 12.8 Å². The first kappa shape index (κ1) is 38.0. The summed E-state index contributed by atoms with van der Waals surface area (Å²) in [5.74, 6) is -2.01. The summed E-state index contributed by atoms with van der Waals surface area (Å²) in [4.78, 5) is 44.0. The first-order valence-corrected chi connectivity index (χ1v) is 17.6. The number of aliphatic carboxylic acids is 2. The van der Waals surface area contributed by atoms with Crippen LogP contribution < -0.4 is 0 Å². The van der Waals surface area contributed by atoms with E-state index in [2.05, 4.69) is 30.6 Å². The van der Waals surface area contributed by atoms with Crippen LogP contribution in [0.15, 0.2) is 24.8 Å². The molecule has 4 aliphatic carbocycles. The van der Waals surface area contributed by atoms with Crippen LogP contribution in [0.5, 0.6) is 0 Å². The van der Waals surface area contributed by atoms with E-state index in [-0.39, 0.29) is 35.6 Å². The van der Waals surface area contributed by atoms with E-state index < -0.39 is 11.9 Å². The summed E-state index contributed by atoms with van der Waals surface area (Å²) in [6, 6.07) is 0. The molecule has 0 aromatic carbocycles. The number of hydrogen-bond acceptors (Lipinski definition) is 10. The minimum atomic E-state index is -0.699. The van der Waals surface area contributed by atoms with Gasteiger partial charge in [-0.25, -0.2) is 0 Å². The number of carbonyl (C=O) groups is 4. The Morgan fingerprint density at radius 3 is 1.40 bits per heavy atom. The zero-order chi connectivity index (χ0) is 37.4. The van der Waals surface area contributed by atoms with E-state index in [1.807, 2.05) is 37.4 Å². The summed E-state index contributed by atoms with van der Waals surface area (Å²) in [5, 5.41) is 39.5. The normalized spacial score (nSPS) is 21.0. The molecule has 16 nitrogen and oxygen atoms in total. The molecule has 0 amide bonds. The zero-order valence-corrected chi connectivity index (χ0v) is 30.1. The number of esters is 2. The first-order valence-electron chi connectivity index (χ1n) is 17.6. The Hall–Kier alpha value is -5.28. The number of hydrogen-bond donors (Lipinski definition) is 4. The van der Waals surface area contributed by atoms with Crippen molar-refractivity contribution in [1.29, 1.82) is 0 Å². The number of methoxy groups -OCH3 is 2. The molecule has 52 heavy (non-hydrogen) atoms. The second kappa shape index (κ2) is 17.3. The summed E-state index contributed by atoms with van der Waals surface area (Å²) in [5.41, 5.74) is 9.22. The van der Waals surface area contributed by atoms with E-state index in [1.165, 1.54) is 42.2 Å². The molecule has 4 aliphatic rings. The molecule has 8 rings (SSSR count). The number of nitrogens with zero attached hydrogens (tertiary/aromatic N) is 6. The highest BCUT2D eigenvalue weighted by molar-refractivity contribution is 5.73. The van der Waals surface area contributed by atoms with Crippen molar-refractivity contribution >= 4 is 23.9 Å². The molecule has 4 aromatic heterocycles. The Bertz CT molecular complexity index is 1850. The second-order valence-electron chi connectivity index (χ2n) is 13.7. The van der Waals surface area contributed by atoms with Crippen LogP contribution in [-0.4, -0.2) is 88.3 Å². The van der Waals surface area contributed by atoms with Crippen LogP contribution in [0.3, 0.4) is 0 Å². The Kier molecular flexibility index (Phi) is 12.6. The molecule has 0 bridgehead atoms. The number of rotatable bonds is 4. The molecule has 280 valence electrons. The van der Waals surface area contributed by atoms with Gasteiger partial charge in [-0.15, -0.1) is 0 Å². The molecule has 4 N–H and O–H groups in total. The number of aromatic nitrogens is 8. The number of aryl methyl sites for hydroxylation is 6. The molecule has 0 fully saturated rings. The predicted molar refractivity (Wildman–Crippen MR) is 185 cm³/mol. The number of fused-ring (bicyclic) bond motifs is 4. The van der Waals surface area contributed by atoms with Crippen LogP contribution >= 0.6 is 0 Å². The molecular formula is C36H48N8O8. The SMILES string of the molecule is COC(=O)C1CCc2cn[nH]c2C1.COC(=O)C1CCc2cnn(C)c2C1.Cn1ncc2c1CC(C(=O)O)CC2.O=C(O)C1CCc2cn[nH]c2C1. The smallest absolute Gasteiger partial charge is 0.309 e. The number of aromatic amines is 2. The minimum Gasteiger partial charge on any atom is -0.481 e. The van der Waals surface area contributed by atoms with Crippen LogP contribution in [0.25, 0.3) is 0 Å². The molecule has 16 heteroatoms. The third kappa shape index (κ3) is 9.14. The number of carboxylic acid groups (broad SMARTS) is 2. The van der Waals surface area contributed by atoms with Crippen molar-refractivity contribution in [3.63, 3.8) is 0 Å². The quantitative estimate of drug-likeness (QED) is 0.224. The van der Waals surface area contributed by atoms with Gasteiger partial charge < -0.3 is 19.7 Å². The van der Waals surface area contributed by atoms with Gasteiger partial charge >= 0.3 is 23.9 Å². The van der Waals surface area contributed by atoms with Crippen LogP contribution in [0.4, 0.5) is 0 Å². The van der Waals surface area contributed by atoms with Gasteiger partial charge in [0.05, 0.1) is 62.7 Å². The molecule has 4 atom stereocenters. The van der Waals surface area contributed by atoms with Crippen molar-refractivity contribution in [2.24, 2.45) is 37.8 Å². The van der Waals surface area contributed by atoms with E-state index in [0.717, 1.165) is 81.3 Å². The van der Waals surface area contributed by atoms with Gasteiger partial charge in [-0.3, -0.25) is 38.7 Å². The van der Waals surface area contributed by atoms with E-state index >= 15 is 0 Å². The average Bonchev–Trinajstić information content (AvgIpc) is 3.98. The molecule has 0 saturated heterocycles. The second-order valence-corrected chi connectivity index (χ2v) is 13.7. The van der Waals surface area contributed by atoms with E-state index in [4.69, 9.17) is 19.7 Å². The third-order valence-electron chi connectivity index (χ3n) is 10.5. The molecule has 4 heterocycles. The molecule has 0 aliphatic heterocycles. The number of carboxylic acids is 2. The van der Waals surface area contributed by atoms with Crippen LogP contribution in [0.2, 0.25) is 0 Å². The maximum absolute atomic E-state index is 11.4. The highest BCUT2D eigenvalue weighted by Gasteiger charge is 2.29. The lowest BCUT2D eigenvalue weighted by Crippen LogP contribution is -2.24. The van der Waals surface area contributed by atoms with Gasteiger partial charge in [-0.2, -0.15) is 20.4 Å². The minimum absolute atomic E-state index is 0.0120. The van der Waals surface area contributed by atoms with Gasteiger partial charge in [-0.1, -0.05) is 0 Å². The largest absolute Gasteiger partial charge is 0.481 e. The monoisotopic (exact) mass is 720 g/mol. The lowest BCUT2D eigenvalue weighted by Gasteiger charge is -2.20. The first-order chi connectivity index (χ1) is 25.0. The average molecular weight is 721 g/mol. The van der Waals surface area contributed by atoms with E-state index in [1.54, 1.807) is 10.9 Å². The zero-order valence-electron chi connectivity index (χ0n) is 30.1. The molecule has 0 spiro atoms. The summed E-state index contributed by atoms with van der Waals surface area (Å²) >= 11 is 0. The maximum Gasteiger partial charge on any atom is 0.309 e. The Morgan fingerprint density at radius 1 is 0.596 bits per heavy atom. The molecule has 0 saturated carbocycles. The third-order valence-corrected chi connectivity index (χ3v) is 10.5. The van der Waals surface area contributed by atoms with Gasteiger partial charge in [0, 0.05) is 62.6 Å². The van der Waals surface area contributed by atoms with Gasteiger partial charge in [0.15, 0.2) is 0 Å². The number of nitrogens with one attached hydrogen (secondary N) is 2. The topological polar surface area (TPSA) is 220 Å². The van der Waals surface area contributed by atoms with Crippen LogP contribution in [-0.2, 0) is 94.1 Å². The maximum atomic E-state index is 11.4. The highest BCUT2D eigenvalue weighted by atomic mass is 16.5. The summed E-state index contributed by atoms with van der Waals surface area (Å²) in [6.07, 6.45) is 16.9. The fourth-order valence-electron chi connectivity index (χ4n) is 7.26. The highest BCUT2D eigenvalue weighted by Crippen LogP contribution is 2.27. The van der Waals surface area contributed by atoms with E-state index in [9.17, 15) is 19.2 Å². The summed E-state index contributed by atoms with van der Waals surface area (Å²) < 4.78 is 13.1. The van der Waals surface area contributed by atoms with Crippen molar-refractivity contribution in [1.82, 2.24) is 40.0 Å². The molecular weight excluding hydrogens is 672 g/mol. The van der Waals surface area contributed by atoms with Crippen molar-refractivity contribution in [2.75, 3.05) is 14.2 Å². The van der Waals surface area contributed by atoms with Gasteiger partial charge in [0.2, 0.25) is 0 Å². The van der Waals surface area contributed by atoms with Crippen LogP contribution in [0.1, 0.15) is 70.7 Å². The molecule has 0 radical (unpaired) electrons. The van der Waals surface area contributed by atoms with Gasteiger partial charge in [-0.05, 0) is 73.6 Å². The lowest BCUT2D eigenvalue weighted by atomic mass is 9.88. The molecule has 4 aromatic rings. The Morgan fingerprint density at radius 2 is 0.962 bits per heavy atom. The van der Waals surface area contributed by atoms with Gasteiger partial charge in [0.1, 0.15) is 0 Å². The van der Waals surface area contributed by atoms with Crippen molar-refractivity contribution in [2.45, 2.75) is 77.0 Å². The van der Waals surface area contributed by atoms with Crippen LogP contribution in [0, 0.1) is 23.7 Å². The Labute approximate surface area is 301 Å². The molecule has 4 unspecified atom stereocenters. The van der Waals surface area contributed by atoms with Crippen molar-refractivity contribution in [3.8, 4) is 0 Å². The number of ether oxygens (including phenoxy) is 2.